The fourth-order valence-electron chi connectivity index (χ4n) is 5.31. The van der Waals surface area contributed by atoms with Gasteiger partial charge in [-0.25, -0.2) is 8.42 Å². The Kier molecular flexibility index (Phi) is 12.7. The van der Waals surface area contributed by atoms with Crippen molar-refractivity contribution in [2.45, 2.75) is 57.1 Å². The smallest absolute Gasteiger partial charge is 0.264 e. The predicted octanol–water partition coefficient (Wildman–Crippen LogP) is 5.77. The summed E-state index contributed by atoms with van der Waals surface area (Å²) >= 11 is 0. The number of hydrogen-bond donors (Lipinski definition) is 1. The second-order valence-corrected chi connectivity index (χ2v) is 13.6. The van der Waals surface area contributed by atoms with Crippen LogP contribution in [0.3, 0.4) is 0 Å². The highest BCUT2D eigenvalue weighted by Gasteiger charge is 2.35. The number of carbonyl (C=O) groups excluding carboxylic acids is 2. The lowest BCUT2D eigenvalue weighted by Crippen LogP contribution is -2.54. The molecule has 11 heteroatoms. The highest BCUT2D eigenvalue weighted by atomic mass is 32.2. The van der Waals surface area contributed by atoms with Crippen molar-refractivity contribution in [1.29, 1.82) is 0 Å². The number of nitrogens with one attached hydrogen (secondary N) is 1. The zero-order valence-electron chi connectivity index (χ0n) is 28.9. The molecule has 0 bridgehead atoms. The lowest BCUT2D eigenvalue weighted by molar-refractivity contribution is -0.140. The van der Waals surface area contributed by atoms with Crippen molar-refractivity contribution in [1.82, 2.24) is 10.2 Å². The molecule has 0 saturated heterocycles. The first-order valence-electron chi connectivity index (χ1n) is 16.1. The molecule has 0 radical (unpaired) electrons. The zero-order chi connectivity index (χ0) is 35.6. The Labute approximate surface area is 289 Å². The van der Waals surface area contributed by atoms with Gasteiger partial charge >= 0.3 is 0 Å². The fourth-order valence-corrected chi connectivity index (χ4v) is 6.71. The molecular weight excluding hydrogens is 642 g/mol. The molecule has 4 aromatic carbocycles. The van der Waals surface area contributed by atoms with E-state index in [0.29, 0.717) is 29.2 Å². The Morgan fingerprint density at radius 3 is 2.10 bits per heavy atom. The Bertz CT molecular complexity index is 1820. The van der Waals surface area contributed by atoms with Crippen molar-refractivity contribution >= 4 is 27.5 Å². The molecule has 1 N–H and O–H groups in total. The van der Waals surface area contributed by atoms with Gasteiger partial charge in [-0.05, 0) is 67.8 Å². The molecule has 4 rings (SSSR count). The van der Waals surface area contributed by atoms with Crippen LogP contribution in [0.25, 0.3) is 0 Å². The Morgan fingerprint density at radius 1 is 0.796 bits per heavy atom. The molecule has 0 aliphatic rings. The molecule has 10 nitrogen and oxygen atoms in total. The van der Waals surface area contributed by atoms with Gasteiger partial charge in [0.2, 0.25) is 11.8 Å². The molecule has 0 unspecified atom stereocenters. The molecule has 0 aromatic heterocycles. The van der Waals surface area contributed by atoms with Gasteiger partial charge in [0, 0.05) is 25.1 Å². The van der Waals surface area contributed by atoms with E-state index in [1.54, 1.807) is 49.6 Å². The average molecular weight is 688 g/mol. The largest absolute Gasteiger partial charge is 0.497 e. The lowest BCUT2D eigenvalue weighted by atomic mass is 10.0. The highest BCUT2D eigenvalue weighted by Crippen LogP contribution is 2.34. The highest BCUT2D eigenvalue weighted by molar-refractivity contribution is 7.92. The molecular formula is C38H45N3O7S. The number of methoxy groups -OCH3 is 3. The van der Waals surface area contributed by atoms with Gasteiger partial charge in [-0.15, -0.1) is 0 Å². The molecule has 49 heavy (non-hydrogen) atoms. The van der Waals surface area contributed by atoms with Gasteiger partial charge in [-0.1, -0.05) is 67.1 Å². The number of amides is 2. The number of aryl methyl sites for hydroxylation is 1. The van der Waals surface area contributed by atoms with E-state index in [1.807, 2.05) is 57.2 Å². The van der Waals surface area contributed by atoms with Gasteiger partial charge in [-0.2, -0.15) is 0 Å². The van der Waals surface area contributed by atoms with Crippen LogP contribution in [-0.2, 0) is 32.6 Å². The summed E-state index contributed by atoms with van der Waals surface area (Å²) in [5, 5.41) is 3.05. The second kappa shape index (κ2) is 16.9. The number of ether oxygens (including phenoxy) is 3. The van der Waals surface area contributed by atoms with E-state index in [4.69, 9.17) is 14.2 Å². The van der Waals surface area contributed by atoms with Crippen molar-refractivity contribution in [3.63, 3.8) is 0 Å². The number of anilines is 1. The predicted molar refractivity (Wildman–Crippen MR) is 191 cm³/mol. The van der Waals surface area contributed by atoms with Crippen molar-refractivity contribution < 1.29 is 32.2 Å². The maximum atomic E-state index is 14.7. The van der Waals surface area contributed by atoms with Crippen LogP contribution in [0.2, 0.25) is 0 Å². The molecule has 4 aromatic rings. The molecule has 260 valence electrons. The van der Waals surface area contributed by atoms with E-state index in [0.717, 1.165) is 15.4 Å². The third kappa shape index (κ3) is 9.32. The molecule has 0 aliphatic carbocycles. The maximum Gasteiger partial charge on any atom is 0.264 e. The van der Waals surface area contributed by atoms with Gasteiger partial charge in [0.15, 0.2) is 11.5 Å². The third-order valence-corrected chi connectivity index (χ3v) is 10.1. The van der Waals surface area contributed by atoms with Crippen molar-refractivity contribution in [3.8, 4) is 17.2 Å². The Hall–Kier alpha value is -5.03. The minimum atomic E-state index is -4.29. The molecule has 0 spiro atoms. The quantitative estimate of drug-likeness (QED) is 0.159. The number of carbonyl (C=O) groups is 2. The molecule has 2 atom stereocenters. The standard InChI is InChI=1S/C38H45N3O7S/c1-7-28(3)39-38(43)34(23-29-12-9-8-10-13-29)40(25-30-14-11-15-32(22-30)46-4)37(42)26-41(31-18-21-35(47-5)36(24-31)48-6)49(44,45)33-19-16-27(2)17-20-33/h8-22,24,28,34H,7,23,25-26H2,1-6H3,(H,39,43)/t28-,34-/m0/s1. The van der Waals surface area contributed by atoms with Gasteiger partial charge in [0.1, 0.15) is 18.3 Å². The minimum Gasteiger partial charge on any atom is -0.497 e. The van der Waals surface area contributed by atoms with Crippen LogP contribution in [0, 0.1) is 6.92 Å². The minimum absolute atomic E-state index is 0.00961. The van der Waals surface area contributed by atoms with E-state index in [-0.39, 0.29) is 35.5 Å². The lowest BCUT2D eigenvalue weighted by Gasteiger charge is -2.34. The van der Waals surface area contributed by atoms with E-state index >= 15 is 0 Å². The van der Waals surface area contributed by atoms with E-state index in [2.05, 4.69) is 5.32 Å². The first kappa shape index (κ1) is 36.8. The summed E-state index contributed by atoms with van der Waals surface area (Å²) in [6.07, 6.45) is 0.898. The number of benzene rings is 4. The second-order valence-electron chi connectivity index (χ2n) is 11.8. The van der Waals surface area contributed by atoms with Gasteiger partial charge in [0.05, 0.1) is 31.9 Å². The molecule has 0 fully saturated rings. The molecule has 0 aliphatic heterocycles. The molecule has 0 heterocycles. The summed E-state index contributed by atoms with van der Waals surface area (Å²) in [4.78, 5) is 30.2. The summed E-state index contributed by atoms with van der Waals surface area (Å²) in [5.41, 5.74) is 2.63. The third-order valence-electron chi connectivity index (χ3n) is 8.30. The average Bonchev–Trinajstić information content (AvgIpc) is 3.12. The van der Waals surface area contributed by atoms with E-state index < -0.39 is 28.5 Å². The summed E-state index contributed by atoms with van der Waals surface area (Å²) in [7, 11) is 0.198. The first-order chi connectivity index (χ1) is 23.5. The van der Waals surface area contributed by atoms with Crippen LogP contribution < -0.4 is 23.8 Å². The maximum absolute atomic E-state index is 14.7. The summed E-state index contributed by atoms with van der Waals surface area (Å²) in [5.74, 6) is 0.360. The van der Waals surface area contributed by atoms with Crippen molar-refractivity contribution in [2.75, 3.05) is 32.2 Å². The van der Waals surface area contributed by atoms with Crippen LogP contribution >= 0.6 is 0 Å². The topological polar surface area (TPSA) is 114 Å². The monoisotopic (exact) mass is 687 g/mol. The number of rotatable bonds is 16. The Balaban J connectivity index is 1.86. The molecule has 0 saturated carbocycles. The molecule has 2 amide bonds. The normalized spacial score (nSPS) is 12.4. The zero-order valence-corrected chi connectivity index (χ0v) is 29.7. The summed E-state index contributed by atoms with van der Waals surface area (Å²) in [6.45, 7) is 5.15. The summed E-state index contributed by atoms with van der Waals surface area (Å²) in [6, 6.07) is 26.6. The van der Waals surface area contributed by atoms with Crippen LogP contribution in [0.1, 0.15) is 37.0 Å². The Morgan fingerprint density at radius 2 is 1.47 bits per heavy atom. The number of sulfonamides is 1. The van der Waals surface area contributed by atoms with E-state index in [9.17, 15) is 18.0 Å². The van der Waals surface area contributed by atoms with Crippen LogP contribution in [-0.4, -0.2) is 65.1 Å². The number of nitrogens with zero attached hydrogens (tertiary/aromatic N) is 2. The van der Waals surface area contributed by atoms with Crippen LogP contribution in [0.5, 0.6) is 17.2 Å². The van der Waals surface area contributed by atoms with Crippen LogP contribution in [0.4, 0.5) is 5.69 Å². The number of hydrogen-bond acceptors (Lipinski definition) is 7. The van der Waals surface area contributed by atoms with Gasteiger partial charge in [0.25, 0.3) is 10.0 Å². The fraction of sp³-hybridized carbons (Fsp3) is 0.316. The van der Waals surface area contributed by atoms with Crippen molar-refractivity contribution in [2.24, 2.45) is 0 Å². The first-order valence-corrected chi connectivity index (χ1v) is 17.5. The SMILES string of the molecule is CC[C@H](C)NC(=O)[C@H](Cc1ccccc1)N(Cc1cccc(OC)c1)C(=O)CN(c1ccc(OC)c(OC)c1)S(=O)(=O)c1ccc(C)cc1. The van der Waals surface area contributed by atoms with Crippen molar-refractivity contribution in [3.05, 3.63) is 114 Å². The van der Waals surface area contributed by atoms with Crippen LogP contribution in [0.15, 0.2) is 102 Å². The van der Waals surface area contributed by atoms with Gasteiger partial charge in [-0.3, -0.25) is 13.9 Å². The summed E-state index contributed by atoms with van der Waals surface area (Å²) < 4.78 is 46.1. The van der Waals surface area contributed by atoms with E-state index in [1.165, 1.54) is 37.3 Å². The van der Waals surface area contributed by atoms with Gasteiger partial charge < -0.3 is 24.4 Å².